The van der Waals surface area contributed by atoms with E-state index >= 15 is 0 Å². The highest BCUT2D eigenvalue weighted by Crippen LogP contribution is 2.57. The molecule has 0 aromatic heterocycles. The monoisotopic (exact) mass is 558 g/mol. The number of hydrogen-bond donors (Lipinski definition) is 3. The number of esters is 2. The minimum atomic E-state index is -1.72. The summed E-state index contributed by atoms with van der Waals surface area (Å²) in [7, 11) is -1.18. The summed E-state index contributed by atoms with van der Waals surface area (Å²) in [6.07, 6.45) is -1.34. The van der Waals surface area contributed by atoms with Crippen LogP contribution in [0.1, 0.15) is 73.1 Å². The lowest BCUT2D eigenvalue weighted by Crippen LogP contribution is -2.67. The van der Waals surface area contributed by atoms with Gasteiger partial charge < -0.3 is 29.5 Å². The van der Waals surface area contributed by atoms with Gasteiger partial charge in [0.15, 0.2) is 0 Å². The fraction of sp³-hybridized carbons (Fsp3) is 0.857. The molecule has 3 aliphatic rings. The van der Waals surface area contributed by atoms with E-state index in [2.05, 4.69) is 6.58 Å². The molecule has 0 aromatic rings. The molecule has 10 heteroatoms. The third-order valence-electron chi connectivity index (χ3n) is 8.78. The number of aliphatic hydroxyl groups excluding tert-OH is 2. The summed E-state index contributed by atoms with van der Waals surface area (Å²) in [6, 6.07) is 0. The van der Waals surface area contributed by atoms with Crippen LogP contribution in [0.5, 0.6) is 0 Å². The highest BCUT2D eigenvalue weighted by Gasteiger charge is 2.68. The van der Waals surface area contributed by atoms with Crippen molar-refractivity contribution < 1.29 is 43.3 Å². The fourth-order valence-corrected chi connectivity index (χ4v) is 7.34. The number of aliphatic hydroxyl groups is 3. The lowest BCUT2D eigenvalue weighted by Gasteiger charge is -2.54. The zero-order valence-electron chi connectivity index (χ0n) is 23.6. The summed E-state index contributed by atoms with van der Waals surface area (Å²) in [4.78, 5) is 25.5. The Kier molecular flexibility index (Phi) is 9.89. The molecule has 11 atom stereocenters. The van der Waals surface area contributed by atoms with E-state index < -0.39 is 76.2 Å². The van der Waals surface area contributed by atoms with Crippen LogP contribution in [0.2, 0.25) is 0 Å². The SMILES string of the molecule is C=C1C[C@H]2O[C@H]([C@@H]3[C@@H](C(C)C)[C@H](OC(=O)CCS(C)=O)[C@@H](O)[C@@](C)(O)[C@@H]32)[C@](C)(OC(=O)CCC)CC[C@@H]1O. The van der Waals surface area contributed by atoms with Crippen molar-refractivity contribution in [2.45, 2.75) is 115 Å². The van der Waals surface area contributed by atoms with Gasteiger partial charge in [-0.05, 0) is 51.0 Å². The van der Waals surface area contributed by atoms with Crippen LogP contribution < -0.4 is 0 Å². The molecule has 0 aromatic carbocycles. The Balaban J connectivity index is 2.10. The second kappa shape index (κ2) is 12.0. The van der Waals surface area contributed by atoms with Gasteiger partial charge >= 0.3 is 11.9 Å². The molecule has 2 bridgehead atoms. The Bertz CT molecular complexity index is 918. The number of carbonyl (C=O) groups excluding carboxylic acids is 2. The maximum atomic E-state index is 12.8. The first-order valence-electron chi connectivity index (χ1n) is 13.8. The van der Waals surface area contributed by atoms with Crippen molar-refractivity contribution in [3.05, 3.63) is 12.2 Å². The van der Waals surface area contributed by atoms with Crippen molar-refractivity contribution in [2.75, 3.05) is 12.0 Å². The lowest BCUT2D eigenvalue weighted by atomic mass is 9.55. The summed E-state index contributed by atoms with van der Waals surface area (Å²) in [6.45, 7) is 13.2. The predicted molar refractivity (Wildman–Crippen MR) is 142 cm³/mol. The molecule has 2 aliphatic heterocycles. The van der Waals surface area contributed by atoms with E-state index in [9.17, 15) is 29.1 Å². The van der Waals surface area contributed by atoms with Crippen LogP contribution in [0.25, 0.3) is 0 Å². The van der Waals surface area contributed by atoms with E-state index in [1.165, 1.54) is 13.2 Å². The Morgan fingerprint density at radius 1 is 1.21 bits per heavy atom. The van der Waals surface area contributed by atoms with Gasteiger partial charge in [-0.15, -0.1) is 0 Å². The fourth-order valence-electron chi connectivity index (χ4n) is 6.89. The van der Waals surface area contributed by atoms with Gasteiger partial charge in [-0.25, -0.2) is 0 Å². The van der Waals surface area contributed by atoms with E-state index in [4.69, 9.17) is 14.2 Å². The van der Waals surface area contributed by atoms with Crippen LogP contribution in [-0.2, 0) is 34.6 Å². The molecule has 9 nitrogen and oxygen atoms in total. The Morgan fingerprint density at radius 2 is 1.87 bits per heavy atom. The number of ether oxygens (including phenoxy) is 3. The summed E-state index contributed by atoms with van der Waals surface area (Å²) < 4.78 is 30.1. The molecule has 0 spiro atoms. The minimum absolute atomic E-state index is 0.0694. The second-order valence-corrected chi connectivity index (χ2v) is 13.7. The highest BCUT2D eigenvalue weighted by atomic mass is 32.2. The van der Waals surface area contributed by atoms with Gasteiger partial charge in [-0.3, -0.25) is 13.8 Å². The molecule has 2 heterocycles. The highest BCUT2D eigenvalue weighted by molar-refractivity contribution is 7.84. The molecule has 1 unspecified atom stereocenters. The van der Waals surface area contributed by atoms with Gasteiger partial charge in [-0.2, -0.15) is 0 Å². The zero-order chi connectivity index (χ0) is 28.6. The number of hydrogen-bond acceptors (Lipinski definition) is 9. The van der Waals surface area contributed by atoms with Crippen LogP contribution in [0.3, 0.4) is 0 Å². The standard InChI is InChI=1S/C28H46O9S/c1-8-9-20(31)37-27(5)12-10-17(29)16(4)14-18-23-22(26(27)35-18)21(15(2)3)24(25(32)28(23,6)33)36-19(30)11-13-38(7)34/h15,17-18,21-26,29,32-33H,4,8-14H2,1-3,5-7H3/t17-,18+,21+,22+,23+,24-,25+,26+,27+,28-,38?/m0/s1. The van der Waals surface area contributed by atoms with Crippen molar-refractivity contribution >= 4 is 22.7 Å². The average molecular weight is 559 g/mol. The predicted octanol–water partition coefficient (Wildman–Crippen LogP) is 2.27. The maximum Gasteiger partial charge on any atom is 0.307 e. The first-order valence-corrected chi connectivity index (χ1v) is 15.5. The van der Waals surface area contributed by atoms with Crippen LogP contribution in [-0.4, -0.2) is 85.2 Å². The number of carbonyl (C=O) groups is 2. The molecule has 218 valence electrons. The Labute approximate surface area is 228 Å². The van der Waals surface area contributed by atoms with Crippen molar-refractivity contribution in [3.8, 4) is 0 Å². The van der Waals surface area contributed by atoms with Gasteiger partial charge in [0, 0.05) is 47.0 Å². The summed E-state index contributed by atoms with van der Waals surface area (Å²) in [5, 5.41) is 34.1. The van der Waals surface area contributed by atoms with Crippen molar-refractivity contribution in [3.63, 3.8) is 0 Å². The van der Waals surface area contributed by atoms with Gasteiger partial charge in [0.05, 0.1) is 24.2 Å². The molecule has 1 saturated carbocycles. The Morgan fingerprint density at radius 3 is 2.45 bits per heavy atom. The third kappa shape index (κ3) is 6.19. The van der Waals surface area contributed by atoms with Crippen LogP contribution in [0.4, 0.5) is 0 Å². The van der Waals surface area contributed by atoms with Gasteiger partial charge in [-0.1, -0.05) is 27.4 Å². The van der Waals surface area contributed by atoms with E-state index in [1.54, 1.807) is 6.92 Å². The van der Waals surface area contributed by atoms with E-state index in [0.717, 1.165) is 0 Å². The van der Waals surface area contributed by atoms with Crippen LogP contribution in [0.15, 0.2) is 12.2 Å². The Hall–Kier alpha value is -1.33. The molecule has 38 heavy (non-hydrogen) atoms. The first-order chi connectivity index (χ1) is 17.6. The number of fused-ring (bicyclic) bond motifs is 5. The molecular formula is C28H46O9S. The quantitative estimate of drug-likeness (QED) is 0.302. The number of rotatable bonds is 8. The first kappa shape index (κ1) is 31.2. The van der Waals surface area contributed by atoms with E-state index in [1.807, 2.05) is 20.8 Å². The van der Waals surface area contributed by atoms with Crippen molar-refractivity contribution in [1.82, 2.24) is 0 Å². The molecule has 0 amide bonds. The summed E-state index contributed by atoms with van der Waals surface area (Å²) in [5.41, 5.74) is -2.28. The summed E-state index contributed by atoms with van der Waals surface area (Å²) in [5.74, 6) is -2.37. The van der Waals surface area contributed by atoms with E-state index in [-0.39, 0.29) is 36.9 Å². The summed E-state index contributed by atoms with van der Waals surface area (Å²) >= 11 is 0. The molecular weight excluding hydrogens is 512 g/mol. The average Bonchev–Trinajstić information content (AvgIpc) is 3.20. The topological polar surface area (TPSA) is 140 Å². The molecule has 3 N–H and O–H groups in total. The normalized spacial score (nSPS) is 42.0. The smallest absolute Gasteiger partial charge is 0.307 e. The maximum absolute atomic E-state index is 12.8. The third-order valence-corrected chi connectivity index (χ3v) is 9.56. The van der Waals surface area contributed by atoms with Gasteiger partial charge in [0.2, 0.25) is 0 Å². The van der Waals surface area contributed by atoms with Gasteiger partial charge in [0.25, 0.3) is 0 Å². The lowest BCUT2D eigenvalue weighted by molar-refractivity contribution is -0.231. The van der Waals surface area contributed by atoms with Crippen molar-refractivity contribution in [2.24, 2.45) is 23.7 Å². The van der Waals surface area contributed by atoms with Crippen LogP contribution >= 0.6 is 0 Å². The molecule has 3 fully saturated rings. The zero-order valence-corrected chi connectivity index (χ0v) is 24.4. The van der Waals surface area contributed by atoms with Gasteiger partial charge in [0.1, 0.15) is 23.9 Å². The second-order valence-electron chi connectivity index (χ2n) is 12.1. The largest absolute Gasteiger partial charge is 0.459 e. The molecule has 3 rings (SSSR count). The van der Waals surface area contributed by atoms with Crippen molar-refractivity contribution in [1.29, 1.82) is 0 Å². The molecule has 0 radical (unpaired) electrons. The molecule has 1 aliphatic carbocycles. The molecule has 2 saturated heterocycles. The van der Waals surface area contributed by atoms with E-state index in [0.29, 0.717) is 24.8 Å². The van der Waals surface area contributed by atoms with Crippen LogP contribution in [0, 0.1) is 23.7 Å². The minimum Gasteiger partial charge on any atom is -0.459 e.